The number of hydrogen-bond acceptors (Lipinski definition) is 2. The molecule has 1 aliphatic heterocycles. The van der Waals surface area contributed by atoms with E-state index in [2.05, 4.69) is 33.4 Å². The van der Waals surface area contributed by atoms with Gasteiger partial charge in [0.2, 0.25) is 11.8 Å². The zero-order valence-corrected chi connectivity index (χ0v) is 16.2. The second-order valence-electron chi connectivity index (χ2n) is 6.64. The highest BCUT2D eigenvalue weighted by molar-refractivity contribution is 9.10. The highest BCUT2D eigenvalue weighted by Crippen LogP contribution is 2.28. The molecule has 1 atom stereocenters. The van der Waals surface area contributed by atoms with Gasteiger partial charge in [0, 0.05) is 28.8 Å². The average molecular weight is 401 g/mol. The molecule has 5 heteroatoms. The van der Waals surface area contributed by atoms with Gasteiger partial charge < -0.3 is 10.2 Å². The van der Waals surface area contributed by atoms with Gasteiger partial charge in [-0.25, -0.2) is 0 Å². The lowest BCUT2D eigenvalue weighted by Gasteiger charge is -2.18. The highest BCUT2D eigenvalue weighted by Gasteiger charge is 2.35. The molecule has 0 spiro atoms. The number of aryl methyl sites for hydroxylation is 3. The Bertz CT molecular complexity index is 807. The molecule has 2 aromatic carbocycles. The Kier molecular flexibility index (Phi) is 4.95. The summed E-state index contributed by atoms with van der Waals surface area (Å²) in [5.41, 5.74) is 4.93. The molecule has 130 valence electrons. The Labute approximate surface area is 156 Å². The van der Waals surface area contributed by atoms with E-state index in [1.807, 2.05) is 45.0 Å². The molecule has 3 rings (SSSR count). The molecule has 1 aliphatic rings. The number of benzene rings is 2. The maximum absolute atomic E-state index is 12.7. The maximum Gasteiger partial charge on any atom is 0.229 e. The summed E-state index contributed by atoms with van der Waals surface area (Å²) >= 11 is 3.39. The Morgan fingerprint density at radius 1 is 1.12 bits per heavy atom. The quantitative estimate of drug-likeness (QED) is 0.831. The lowest BCUT2D eigenvalue weighted by atomic mass is 10.0. The molecule has 4 nitrogen and oxygen atoms in total. The van der Waals surface area contributed by atoms with Gasteiger partial charge in [-0.1, -0.05) is 33.6 Å². The third-order valence-corrected chi connectivity index (χ3v) is 5.09. The molecule has 25 heavy (non-hydrogen) atoms. The van der Waals surface area contributed by atoms with Crippen LogP contribution in [0.5, 0.6) is 0 Å². The number of rotatable bonds is 3. The number of anilines is 2. The summed E-state index contributed by atoms with van der Waals surface area (Å²) in [5, 5.41) is 3.02. The van der Waals surface area contributed by atoms with Crippen LogP contribution >= 0.6 is 15.9 Å². The fourth-order valence-electron chi connectivity index (χ4n) is 3.36. The summed E-state index contributed by atoms with van der Waals surface area (Å²) in [6, 6.07) is 11.7. The molecule has 1 fully saturated rings. The molecular formula is C20H21BrN2O2. The lowest BCUT2D eigenvalue weighted by molar-refractivity contribution is -0.122. The van der Waals surface area contributed by atoms with E-state index in [0.29, 0.717) is 6.54 Å². The smallest absolute Gasteiger partial charge is 0.229 e. The number of amides is 2. The number of nitrogens with zero attached hydrogens (tertiary/aromatic N) is 1. The van der Waals surface area contributed by atoms with Gasteiger partial charge in [-0.15, -0.1) is 0 Å². The first-order valence-corrected chi connectivity index (χ1v) is 9.09. The minimum Gasteiger partial charge on any atom is -0.325 e. The first-order valence-electron chi connectivity index (χ1n) is 8.30. The molecule has 0 aliphatic carbocycles. The van der Waals surface area contributed by atoms with Crippen molar-refractivity contribution >= 4 is 39.1 Å². The number of hydrogen-bond donors (Lipinski definition) is 1. The van der Waals surface area contributed by atoms with Crippen molar-refractivity contribution in [3.63, 3.8) is 0 Å². The zero-order valence-electron chi connectivity index (χ0n) is 14.6. The molecule has 2 aromatic rings. The molecule has 1 unspecified atom stereocenters. The highest BCUT2D eigenvalue weighted by atomic mass is 79.9. The van der Waals surface area contributed by atoms with Crippen molar-refractivity contribution in [1.82, 2.24) is 0 Å². The van der Waals surface area contributed by atoms with Gasteiger partial charge in [-0.05, 0) is 56.2 Å². The SMILES string of the molecule is Cc1cc(C)c(NC(=O)C2CC(=O)N(c3ccc(Br)cc3)C2)c(C)c1. The molecule has 0 bridgehead atoms. The van der Waals surface area contributed by atoms with Crippen molar-refractivity contribution in [2.45, 2.75) is 27.2 Å². The molecule has 1 saturated heterocycles. The maximum atomic E-state index is 12.7. The summed E-state index contributed by atoms with van der Waals surface area (Å²) in [6.07, 6.45) is 0.242. The number of halogens is 1. The van der Waals surface area contributed by atoms with Gasteiger partial charge in [0.25, 0.3) is 0 Å². The van der Waals surface area contributed by atoms with Crippen molar-refractivity contribution in [3.05, 3.63) is 57.6 Å². The third kappa shape index (κ3) is 3.76. The van der Waals surface area contributed by atoms with Crippen LogP contribution in [0.25, 0.3) is 0 Å². The standard InChI is InChI=1S/C20H21BrN2O2/c1-12-8-13(2)19(14(3)9-12)22-20(25)15-10-18(24)23(11-15)17-6-4-16(21)5-7-17/h4-9,15H,10-11H2,1-3H3,(H,22,25). The number of nitrogens with one attached hydrogen (secondary N) is 1. The Hall–Kier alpha value is -2.14. The second-order valence-corrected chi connectivity index (χ2v) is 7.56. The van der Waals surface area contributed by atoms with E-state index < -0.39 is 0 Å². The molecule has 0 saturated carbocycles. The molecule has 1 N–H and O–H groups in total. The normalized spacial score (nSPS) is 17.0. The van der Waals surface area contributed by atoms with Crippen molar-refractivity contribution in [2.24, 2.45) is 5.92 Å². The Balaban J connectivity index is 1.74. The van der Waals surface area contributed by atoms with Crippen molar-refractivity contribution in [2.75, 3.05) is 16.8 Å². The van der Waals surface area contributed by atoms with Gasteiger partial charge in [-0.2, -0.15) is 0 Å². The average Bonchev–Trinajstić information content (AvgIpc) is 2.93. The Morgan fingerprint density at radius 2 is 1.72 bits per heavy atom. The minimum atomic E-state index is -0.337. The van der Waals surface area contributed by atoms with Crippen LogP contribution < -0.4 is 10.2 Å². The van der Waals surface area contributed by atoms with Crippen LogP contribution in [0.15, 0.2) is 40.9 Å². The number of carbonyl (C=O) groups is 2. The summed E-state index contributed by atoms with van der Waals surface area (Å²) in [6.45, 7) is 6.43. The van der Waals surface area contributed by atoms with Gasteiger partial charge in [0.15, 0.2) is 0 Å². The topological polar surface area (TPSA) is 49.4 Å². The van der Waals surface area contributed by atoms with Crippen LogP contribution in [0.1, 0.15) is 23.1 Å². The first kappa shape index (κ1) is 17.7. The Morgan fingerprint density at radius 3 is 2.32 bits per heavy atom. The van der Waals surface area contributed by atoms with Crippen LogP contribution in [-0.4, -0.2) is 18.4 Å². The van der Waals surface area contributed by atoms with Gasteiger partial charge in [-0.3, -0.25) is 9.59 Å². The van der Waals surface area contributed by atoms with Crippen LogP contribution in [0.2, 0.25) is 0 Å². The van der Waals surface area contributed by atoms with E-state index in [1.165, 1.54) is 5.56 Å². The van der Waals surface area contributed by atoms with Crippen molar-refractivity contribution < 1.29 is 9.59 Å². The van der Waals surface area contributed by atoms with E-state index >= 15 is 0 Å². The summed E-state index contributed by atoms with van der Waals surface area (Å²) in [5.74, 6) is -0.445. The summed E-state index contributed by atoms with van der Waals surface area (Å²) in [4.78, 5) is 26.7. The fraction of sp³-hybridized carbons (Fsp3) is 0.300. The van der Waals surface area contributed by atoms with Crippen LogP contribution in [0, 0.1) is 26.7 Å². The monoisotopic (exact) mass is 400 g/mol. The van der Waals surface area contributed by atoms with E-state index in [-0.39, 0.29) is 24.2 Å². The molecule has 0 radical (unpaired) electrons. The lowest BCUT2D eigenvalue weighted by Crippen LogP contribution is -2.28. The van der Waals surface area contributed by atoms with E-state index in [0.717, 1.165) is 27.0 Å². The predicted octanol–water partition coefficient (Wildman–Crippen LogP) is 4.37. The second kappa shape index (κ2) is 7.00. The van der Waals surface area contributed by atoms with Crippen molar-refractivity contribution in [1.29, 1.82) is 0 Å². The van der Waals surface area contributed by atoms with E-state index in [9.17, 15) is 9.59 Å². The minimum absolute atomic E-state index is 0.0141. The first-order chi connectivity index (χ1) is 11.8. The molecular weight excluding hydrogens is 380 g/mol. The summed E-state index contributed by atoms with van der Waals surface area (Å²) < 4.78 is 0.961. The van der Waals surface area contributed by atoms with Crippen molar-refractivity contribution in [3.8, 4) is 0 Å². The zero-order chi connectivity index (χ0) is 18.1. The predicted molar refractivity (Wildman–Crippen MR) is 104 cm³/mol. The van der Waals surface area contributed by atoms with E-state index in [4.69, 9.17) is 0 Å². The third-order valence-electron chi connectivity index (χ3n) is 4.56. The van der Waals surface area contributed by atoms with Crippen LogP contribution in [0.3, 0.4) is 0 Å². The van der Waals surface area contributed by atoms with Crippen LogP contribution in [0.4, 0.5) is 11.4 Å². The molecule has 1 heterocycles. The molecule has 0 aromatic heterocycles. The van der Waals surface area contributed by atoms with Gasteiger partial charge in [0.05, 0.1) is 5.92 Å². The largest absolute Gasteiger partial charge is 0.325 e. The molecule has 2 amide bonds. The summed E-state index contributed by atoms with van der Waals surface area (Å²) in [7, 11) is 0. The number of carbonyl (C=O) groups excluding carboxylic acids is 2. The van der Waals surface area contributed by atoms with Gasteiger partial charge >= 0.3 is 0 Å². The fourth-order valence-corrected chi connectivity index (χ4v) is 3.62. The van der Waals surface area contributed by atoms with E-state index in [1.54, 1.807) is 4.90 Å². The van der Waals surface area contributed by atoms with Crippen LogP contribution in [-0.2, 0) is 9.59 Å². The van der Waals surface area contributed by atoms with Gasteiger partial charge in [0.1, 0.15) is 0 Å².